The Morgan fingerprint density at radius 3 is 2.60 bits per heavy atom. The Kier molecular flexibility index (Phi) is 2.98. The van der Waals surface area contributed by atoms with Gasteiger partial charge in [0.2, 0.25) is 0 Å². The summed E-state index contributed by atoms with van der Waals surface area (Å²) in [6.07, 6.45) is -3.35. The fraction of sp³-hybridized carbons (Fsp3) is 0.429. The van der Waals surface area contributed by atoms with Gasteiger partial charge in [-0.25, -0.2) is 4.79 Å². The Balaban J connectivity index is 2.97. The molecule has 5 nitrogen and oxygen atoms in total. The van der Waals surface area contributed by atoms with Crippen LogP contribution in [0, 0.1) is 0 Å². The van der Waals surface area contributed by atoms with E-state index in [-0.39, 0.29) is 6.54 Å². The van der Waals surface area contributed by atoms with Crippen LogP contribution in [0.2, 0.25) is 0 Å². The van der Waals surface area contributed by atoms with Gasteiger partial charge in [-0.3, -0.25) is 4.68 Å². The van der Waals surface area contributed by atoms with Crippen LogP contribution in [-0.4, -0.2) is 27.4 Å². The van der Waals surface area contributed by atoms with Crippen LogP contribution in [0.4, 0.5) is 13.2 Å². The van der Waals surface area contributed by atoms with E-state index in [0.29, 0.717) is 17.1 Å². The van der Waals surface area contributed by atoms with Crippen LogP contribution < -0.4 is 5.73 Å². The second-order valence-corrected chi connectivity index (χ2v) is 2.80. The summed E-state index contributed by atoms with van der Waals surface area (Å²) in [4.78, 5) is 10.6. The van der Waals surface area contributed by atoms with E-state index in [2.05, 4.69) is 5.10 Å². The minimum absolute atomic E-state index is 0.325. The lowest BCUT2D eigenvalue weighted by Crippen LogP contribution is -2.27. The normalized spacial score (nSPS) is 13.9. The third kappa shape index (κ3) is 2.46. The summed E-state index contributed by atoms with van der Waals surface area (Å²) in [5, 5.41) is 11.9. The highest BCUT2D eigenvalue weighted by molar-refractivity contribution is 5.71. The maximum Gasteiger partial charge on any atom is 0.419 e. The van der Waals surface area contributed by atoms with E-state index in [1.54, 1.807) is 0 Å². The number of aliphatic carboxylic acids is 1. The average molecular weight is 223 g/mol. The number of carbonyl (C=O) groups is 1. The summed E-state index contributed by atoms with van der Waals surface area (Å²) in [6.45, 7) is -0.325. The van der Waals surface area contributed by atoms with Gasteiger partial charge in [-0.2, -0.15) is 18.3 Å². The molecule has 0 aliphatic heterocycles. The first kappa shape index (κ1) is 11.5. The fourth-order valence-corrected chi connectivity index (χ4v) is 0.977. The fourth-order valence-electron chi connectivity index (χ4n) is 0.977. The van der Waals surface area contributed by atoms with Crippen molar-refractivity contribution >= 4 is 5.97 Å². The van der Waals surface area contributed by atoms with E-state index in [1.807, 2.05) is 0 Å². The Morgan fingerprint density at radius 1 is 1.67 bits per heavy atom. The topological polar surface area (TPSA) is 81.1 Å². The van der Waals surface area contributed by atoms with Gasteiger partial charge in [0.15, 0.2) is 6.04 Å². The predicted octanol–water partition coefficient (Wildman–Crippen LogP) is 0.486. The maximum atomic E-state index is 12.1. The van der Waals surface area contributed by atoms with E-state index >= 15 is 0 Å². The predicted molar refractivity (Wildman–Crippen MR) is 43.0 cm³/mol. The Hall–Kier alpha value is -1.57. The van der Waals surface area contributed by atoms with E-state index < -0.39 is 23.8 Å². The lowest BCUT2D eigenvalue weighted by molar-refractivity contribution is -0.141. The van der Waals surface area contributed by atoms with Crippen LogP contribution in [-0.2, 0) is 11.0 Å². The Bertz CT molecular complexity index is 361. The SMILES string of the molecule is NCC(C(=O)O)n1cc(C(F)(F)F)cn1. The summed E-state index contributed by atoms with van der Waals surface area (Å²) in [5.74, 6) is -1.32. The molecule has 0 spiro atoms. The Morgan fingerprint density at radius 2 is 2.27 bits per heavy atom. The van der Waals surface area contributed by atoms with E-state index in [0.717, 1.165) is 0 Å². The van der Waals surface area contributed by atoms with Crippen molar-refractivity contribution in [1.82, 2.24) is 9.78 Å². The first-order valence-corrected chi connectivity index (χ1v) is 3.90. The number of aromatic nitrogens is 2. The van der Waals surface area contributed by atoms with Crippen molar-refractivity contribution < 1.29 is 23.1 Å². The highest BCUT2D eigenvalue weighted by Crippen LogP contribution is 2.28. The van der Waals surface area contributed by atoms with Crippen LogP contribution >= 0.6 is 0 Å². The molecule has 1 rings (SSSR count). The second-order valence-electron chi connectivity index (χ2n) is 2.80. The molecule has 0 saturated heterocycles. The van der Waals surface area contributed by atoms with Crippen LogP contribution in [0.1, 0.15) is 11.6 Å². The molecule has 0 aliphatic carbocycles. The van der Waals surface area contributed by atoms with Crippen LogP contribution in [0.25, 0.3) is 0 Å². The molecule has 1 unspecified atom stereocenters. The molecular weight excluding hydrogens is 215 g/mol. The highest BCUT2D eigenvalue weighted by atomic mass is 19.4. The van der Waals surface area contributed by atoms with Gasteiger partial charge in [-0.1, -0.05) is 0 Å². The molecule has 0 bridgehead atoms. The lowest BCUT2D eigenvalue weighted by atomic mass is 10.3. The van der Waals surface area contributed by atoms with Gasteiger partial charge in [0.1, 0.15) is 0 Å². The zero-order chi connectivity index (χ0) is 11.6. The standard InChI is InChI=1S/C7H8F3N3O2/c8-7(9,10)4-2-12-13(3-4)5(1-11)6(14)15/h2-3,5H,1,11H2,(H,14,15). The molecule has 0 fully saturated rings. The lowest BCUT2D eigenvalue weighted by Gasteiger charge is -2.09. The molecule has 0 aromatic carbocycles. The van der Waals surface area contributed by atoms with Gasteiger partial charge < -0.3 is 10.8 Å². The van der Waals surface area contributed by atoms with Gasteiger partial charge in [-0.15, -0.1) is 0 Å². The smallest absolute Gasteiger partial charge is 0.419 e. The molecule has 1 aromatic rings. The molecule has 0 radical (unpaired) electrons. The quantitative estimate of drug-likeness (QED) is 0.781. The third-order valence-electron chi connectivity index (χ3n) is 1.76. The van der Waals surface area contributed by atoms with Gasteiger partial charge >= 0.3 is 12.1 Å². The zero-order valence-electron chi connectivity index (χ0n) is 7.40. The zero-order valence-corrected chi connectivity index (χ0v) is 7.40. The number of halogens is 3. The number of hydrogen-bond acceptors (Lipinski definition) is 3. The molecule has 3 N–H and O–H groups in total. The molecule has 84 valence electrons. The molecule has 1 atom stereocenters. The number of carboxylic acids is 1. The van der Waals surface area contributed by atoms with Crippen LogP contribution in [0.5, 0.6) is 0 Å². The molecule has 1 heterocycles. The number of nitrogens with zero attached hydrogens (tertiary/aromatic N) is 2. The van der Waals surface area contributed by atoms with Crippen molar-refractivity contribution in [2.45, 2.75) is 12.2 Å². The molecule has 15 heavy (non-hydrogen) atoms. The largest absolute Gasteiger partial charge is 0.480 e. The number of carboxylic acid groups (broad SMARTS) is 1. The van der Waals surface area contributed by atoms with Gasteiger partial charge in [0.25, 0.3) is 0 Å². The van der Waals surface area contributed by atoms with Crippen LogP contribution in [0.15, 0.2) is 12.4 Å². The average Bonchev–Trinajstić information content (AvgIpc) is 2.52. The van der Waals surface area contributed by atoms with Crippen LogP contribution in [0.3, 0.4) is 0 Å². The van der Waals surface area contributed by atoms with Crippen molar-refractivity contribution in [2.75, 3.05) is 6.54 Å². The first-order valence-electron chi connectivity index (χ1n) is 3.90. The van der Waals surface area contributed by atoms with E-state index in [4.69, 9.17) is 10.8 Å². The van der Waals surface area contributed by atoms with E-state index in [9.17, 15) is 18.0 Å². The summed E-state index contributed by atoms with van der Waals surface area (Å²) < 4.78 is 37.1. The molecular formula is C7H8F3N3O2. The first-order chi connectivity index (χ1) is 6.86. The Labute approximate surface area is 82.3 Å². The molecule has 0 amide bonds. The van der Waals surface area contributed by atoms with Crippen molar-refractivity contribution in [3.05, 3.63) is 18.0 Å². The van der Waals surface area contributed by atoms with Gasteiger partial charge in [0.05, 0.1) is 11.8 Å². The van der Waals surface area contributed by atoms with Crippen molar-refractivity contribution in [3.63, 3.8) is 0 Å². The minimum Gasteiger partial charge on any atom is -0.480 e. The maximum absolute atomic E-state index is 12.1. The van der Waals surface area contributed by atoms with E-state index in [1.165, 1.54) is 0 Å². The van der Waals surface area contributed by atoms with Gasteiger partial charge in [0, 0.05) is 12.7 Å². The summed E-state index contributed by atoms with van der Waals surface area (Å²) in [5.41, 5.74) is 4.10. The summed E-state index contributed by atoms with van der Waals surface area (Å²) >= 11 is 0. The number of alkyl halides is 3. The minimum atomic E-state index is -4.53. The molecule has 8 heteroatoms. The van der Waals surface area contributed by atoms with Crippen molar-refractivity contribution in [1.29, 1.82) is 0 Å². The number of hydrogen-bond donors (Lipinski definition) is 2. The molecule has 1 aromatic heterocycles. The number of rotatable bonds is 3. The van der Waals surface area contributed by atoms with Crippen molar-refractivity contribution in [2.24, 2.45) is 5.73 Å². The summed E-state index contributed by atoms with van der Waals surface area (Å²) in [6, 6.07) is -1.28. The monoisotopic (exact) mass is 223 g/mol. The van der Waals surface area contributed by atoms with Gasteiger partial charge in [-0.05, 0) is 0 Å². The highest BCUT2D eigenvalue weighted by Gasteiger charge is 2.33. The van der Waals surface area contributed by atoms with Crippen molar-refractivity contribution in [3.8, 4) is 0 Å². The number of nitrogens with two attached hydrogens (primary N) is 1. The molecule has 0 saturated carbocycles. The molecule has 0 aliphatic rings. The second kappa shape index (κ2) is 3.89. The third-order valence-corrected chi connectivity index (χ3v) is 1.76. The summed E-state index contributed by atoms with van der Waals surface area (Å²) in [7, 11) is 0.